The number of nitrogen functional groups attached to an aromatic ring is 1. The van der Waals surface area contributed by atoms with Crippen LogP contribution < -0.4 is 11.3 Å². The number of nitrogens with one attached hydrogen (secondary N) is 1. The van der Waals surface area contributed by atoms with Gasteiger partial charge in [0, 0.05) is 23.4 Å². The average Bonchev–Trinajstić information content (AvgIpc) is 2.37. The fourth-order valence-corrected chi connectivity index (χ4v) is 1.67. The summed E-state index contributed by atoms with van der Waals surface area (Å²) in [7, 11) is 0. The van der Waals surface area contributed by atoms with Crippen LogP contribution in [0.4, 0.5) is 10.2 Å². The van der Waals surface area contributed by atoms with Gasteiger partial charge in [0.15, 0.2) is 5.82 Å². The summed E-state index contributed by atoms with van der Waals surface area (Å²) in [5, 5.41) is 9.42. The van der Waals surface area contributed by atoms with E-state index in [2.05, 4.69) is 15.4 Å². The number of halogens is 1. The van der Waals surface area contributed by atoms with Crippen LogP contribution in [-0.4, -0.2) is 15.1 Å². The number of hydrogen-bond donors (Lipinski definition) is 3. The average molecular weight is 262 g/mol. The molecule has 100 valence electrons. The third-order valence-corrected chi connectivity index (χ3v) is 2.63. The molecule has 19 heavy (non-hydrogen) atoms. The van der Waals surface area contributed by atoms with E-state index in [0.29, 0.717) is 17.2 Å². The molecule has 0 radical (unpaired) electrons. The van der Waals surface area contributed by atoms with E-state index in [1.807, 2.05) is 13.8 Å². The van der Waals surface area contributed by atoms with Crippen LogP contribution in [0.2, 0.25) is 0 Å². The molecular weight excluding hydrogens is 247 g/mol. The van der Waals surface area contributed by atoms with Gasteiger partial charge in [-0.15, -0.1) is 0 Å². The molecule has 0 saturated heterocycles. The molecule has 6 heteroatoms. The third kappa shape index (κ3) is 2.97. The predicted molar refractivity (Wildman–Crippen MR) is 71.0 cm³/mol. The highest BCUT2D eigenvalue weighted by molar-refractivity contribution is 5.59. The molecule has 0 amide bonds. The first-order valence-electron chi connectivity index (χ1n) is 5.85. The van der Waals surface area contributed by atoms with Gasteiger partial charge < -0.3 is 10.5 Å². The van der Waals surface area contributed by atoms with Crippen molar-refractivity contribution in [2.24, 2.45) is 5.84 Å². The normalized spacial score (nSPS) is 10.8. The van der Waals surface area contributed by atoms with Crippen LogP contribution in [0.15, 0.2) is 24.3 Å². The zero-order valence-corrected chi connectivity index (χ0v) is 10.7. The molecule has 0 aliphatic carbocycles. The molecule has 0 unspecified atom stereocenters. The first-order chi connectivity index (χ1) is 8.99. The molecule has 0 bridgehead atoms. The fourth-order valence-electron chi connectivity index (χ4n) is 1.67. The molecule has 1 aromatic heterocycles. The van der Waals surface area contributed by atoms with Crippen molar-refractivity contribution >= 4 is 5.82 Å². The van der Waals surface area contributed by atoms with Gasteiger partial charge in [-0.3, -0.25) is 0 Å². The second-order valence-electron chi connectivity index (χ2n) is 4.50. The number of anilines is 1. The van der Waals surface area contributed by atoms with Crippen LogP contribution in [-0.2, 0) is 0 Å². The molecule has 5 nitrogen and oxygen atoms in total. The summed E-state index contributed by atoms with van der Waals surface area (Å²) >= 11 is 0. The molecule has 0 atom stereocenters. The van der Waals surface area contributed by atoms with Crippen molar-refractivity contribution in [3.63, 3.8) is 0 Å². The minimum Gasteiger partial charge on any atom is -0.508 e. The van der Waals surface area contributed by atoms with Crippen LogP contribution in [0.1, 0.15) is 25.5 Å². The molecular formula is C13H15FN4O. The first kappa shape index (κ1) is 13.2. The van der Waals surface area contributed by atoms with Crippen molar-refractivity contribution in [3.8, 4) is 17.1 Å². The van der Waals surface area contributed by atoms with Crippen LogP contribution in [0, 0.1) is 5.82 Å². The Labute approximate surface area is 110 Å². The number of nitrogens with two attached hydrogens (primary N) is 1. The molecule has 2 aromatic rings. The summed E-state index contributed by atoms with van der Waals surface area (Å²) in [4.78, 5) is 8.51. The molecule has 4 N–H and O–H groups in total. The lowest BCUT2D eigenvalue weighted by molar-refractivity contribution is 0.469. The second kappa shape index (κ2) is 5.19. The Balaban J connectivity index is 2.57. The molecule has 1 aromatic carbocycles. The highest BCUT2D eigenvalue weighted by Gasteiger charge is 2.11. The molecule has 0 aliphatic rings. The Hall–Kier alpha value is -2.21. The van der Waals surface area contributed by atoms with Gasteiger partial charge in [-0.05, 0) is 18.1 Å². The maximum absolute atomic E-state index is 13.3. The van der Waals surface area contributed by atoms with Gasteiger partial charge in [-0.2, -0.15) is 0 Å². The summed E-state index contributed by atoms with van der Waals surface area (Å²) in [5.41, 5.74) is 3.63. The van der Waals surface area contributed by atoms with Gasteiger partial charge in [0.05, 0.1) is 0 Å². The van der Waals surface area contributed by atoms with Gasteiger partial charge in [0.2, 0.25) is 0 Å². The quantitative estimate of drug-likeness (QED) is 0.584. The smallest absolute Gasteiger partial charge is 0.162 e. The fraction of sp³-hybridized carbons (Fsp3) is 0.231. The summed E-state index contributed by atoms with van der Waals surface area (Å²) in [5.74, 6) is 5.58. The van der Waals surface area contributed by atoms with E-state index in [1.54, 1.807) is 6.07 Å². The van der Waals surface area contributed by atoms with Crippen LogP contribution in [0.5, 0.6) is 5.75 Å². The maximum Gasteiger partial charge on any atom is 0.162 e. The van der Waals surface area contributed by atoms with Gasteiger partial charge in [-0.25, -0.2) is 20.2 Å². The zero-order chi connectivity index (χ0) is 14.0. The van der Waals surface area contributed by atoms with Gasteiger partial charge in [-0.1, -0.05) is 13.8 Å². The monoisotopic (exact) mass is 262 g/mol. The minimum atomic E-state index is -0.546. The van der Waals surface area contributed by atoms with Crippen molar-refractivity contribution in [2.45, 2.75) is 19.8 Å². The number of aromatic hydroxyl groups is 1. The van der Waals surface area contributed by atoms with Crippen LogP contribution in [0.25, 0.3) is 11.4 Å². The number of nitrogens with zero attached hydrogens (tertiary/aromatic N) is 2. The van der Waals surface area contributed by atoms with E-state index >= 15 is 0 Å². The Bertz CT molecular complexity index is 581. The predicted octanol–water partition coefficient (Wildman–Crippen LogP) is 2.40. The summed E-state index contributed by atoms with van der Waals surface area (Å²) in [6.07, 6.45) is 0. The van der Waals surface area contributed by atoms with Crippen molar-refractivity contribution in [1.29, 1.82) is 0 Å². The Morgan fingerprint density at radius 2 is 1.95 bits per heavy atom. The highest BCUT2D eigenvalue weighted by Crippen LogP contribution is 2.25. The van der Waals surface area contributed by atoms with E-state index < -0.39 is 5.82 Å². The van der Waals surface area contributed by atoms with E-state index in [9.17, 15) is 9.50 Å². The lowest BCUT2D eigenvalue weighted by atomic mass is 10.1. The minimum absolute atomic E-state index is 0.171. The van der Waals surface area contributed by atoms with Crippen molar-refractivity contribution in [1.82, 2.24) is 9.97 Å². The number of rotatable bonds is 3. The Kier molecular flexibility index (Phi) is 3.62. The number of hydrazine groups is 1. The first-order valence-corrected chi connectivity index (χ1v) is 5.85. The topological polar surface area (TPSA) is 84.1 Å². The molecule has 0 aliphatic heterocycles. The standard InChI is InChI=1S/C13H15FN4O/c1-7(2)11-6-12(18-15)17-13(16-11)8-3-9(14)5-10(19)4-8/h3-7,19H,15H2,1-2H3,(H,16,17,18). The van der Waals surface area contributed by atoms with Crippen molar-refractivity contribution in [2.75, 3.05) is 5.43 Å². The third-order valence-electron chi connectivity index (χ3n) is 2.63. The van der Waals surface area contributed by atoms with E-state index in [1.165, 1.54) is 12.1 Å². The van der Waals surface area contributed by atoms with E-state index in [-0.39, 0.29) is 11.7 Å². The second-order valence-corrected chi connectivity index (χ2v) is 4.50. The SMILES string of the molecule is CC(C)c1cc(NN)nc(-c2cc(O)cc(F)c2)n1. The Morgan fingerprint density at radius 3 is 2.53 bits per heavy atom. The largest absolute Gasteiger partial charge is 0.508 e. The number of aromatic nitrogens is 2. The summed E-state index contributed by atoms with van der Waals surface area (Å²) < 4.78 is 13.3. The number of benzene rings is 1. The zero-order valence-electron chi connectivity index (χ0n) is 10.7. The highest BCUT2D eigenvalue weighted by atomic mass is 19.1. The van der Waals surface area contributed by atoms with Gasteiger partial charge >= 0.3 is 0 Å². The van der Waals surface area contributed by atoms with Crippen LogP contribution in [0.3, 0.4) is 0 Å². The molecule has 0 spiro atoms. The number of phenolic OH excluding ortho intramolecular Hbond substituents is 1. The summed E-state index contributed by atoms with van der Waals surface area (Å²) in [6.45, 7) is 3.96. The van der Waals surface area contributed by atoms with Gasteiger partial charge in [0.25, 0.3) is 0 Å². The van der Waals surface area contributed by atoms with E-state index in [4.69, 9.17) is 5.84 Å². The van der Waals surface area contributed by atoms with Crippen molar-refractivity contribution in [3.05, 3.63) is 35.8 Å². The van der Waals surface area contributed by atoms with Gasteiger partial charge in [0.1, 0.15) is 17.4 Å². The summed E-state index contributed by atoms with van der Waals surface area (Å²) in [6, 6.07) is 5.42. The van der Waals surface area contributed by atoms with E-state index in [0.717, 1.165) is 11.8 Å². The number of phenols is 1. The molecule has 0 fully saturated rings. The van der Waals surface area contributed by atoms with Crippen molar-refractivity contribution < 1.29 is 9.50 Å². The lowest BCUT2D eigenvalue weighted by Gasteiger charge is -2.10. The molecule has 1 heterocycles. The number of hydrogen-bond acceptors (Lipinski definition) is 5. The maximum atomic E-state index is 13.3. The molecule has 2 rings (SSSR count). The lowest BCUT2D eigenvalue weighted by Crippen LogP contribution is -2.11. The molecule has 0 saturated carbocycles. The Morgan fingerprint density at radius 1 is 1.21 bits per heavy atom. The van der Waals surface area contributed by atoms with Crippen LogP contribution >= 0.6 is 0 Å².